The Bertz CT molecular complexity index is 1040. The van der Waals surface area contributed by atoms with Crippen LogP contribution in [0.5, 0.6) is 0 Å². The highest BCUT2D eigenvalue weighted by atomic mass is 16.4. The van der Waals surface area contributed by atoms with Gasteiger partial charge in [0, 0.05) is 23.2 Å². The number of rotatable bonds is 3. The van der Waals surface area contributed by atoms with Crippen LogP contribution in [0.1, 0.15) is 45.2 Å². The molecule has 0 saturated heterocycles. The highest BCUT2D eigenvalue weighted by Crippen LogP contribution is 2.43. The van der Waals surface area contributed by atoms with Crippen LogP contribution in [0.2, 0.25) is 0 Å². The highest BCUT2D eigenvalue weighted by molar-refractivity contribution is 6.54. The number of hydrogen-bond donors (Lipinski definition) is 1. The molecule has 25 heavy (non-hydrogen) atoms. The van der Waals surface area contributed by atoms with E-state index < -0.39 is 11.6 Å². The van der Waals surface area contributed by atoms with Crippen LogP contribution in [0.4, 0.5) is 5.88 Å². The summed E-state index contributed by atoms with van der Waals surface area (Å²) in [5, 5.41) is 4.99. The maximum atomic E-state index is 12.9. The predicted molar refractivity (Wildman–Crippen MR) is 98.6 cm³/mol. The number of nitrogens with one attached hydrogen (secondary N) is 1. The zero-order chi connectivity index (χ0) is 17.7. The minimum absolute atomic E-state index is 0.392. The third-order valence-electron chi connectivity index (χ3n) is 4.87. The van der Waals surface area contributed by atoms with Crippen molar-refractivity contribution < 1.29 is 14.0 Å². The monoisotopic (exact) mass is 333 g/mol. The van der Waals surface area contributed by atoms with Gasteiger partial charge in [-0.1, -0.05) is 31.2 Å². The van der Waals surface area contributed by atoms with E-state index in [1.165, 1.54) is 0 Å². The van der Waals surface area contributed by atoms with Crippen molar-refractivity contribution in [3.8, 4) is 11.3 Å². The Hall–Kier alpha value is -2.88. The number of ketones is 2. The van der Waals surface area contributed by atoms with Crippen LogP contribution in [-0.4, -0.2) is 18.1 Å². The molecule has 0 bridgehead atoms. The fourth-order valence-corrected chi connectivity index (χ4v) is 3.56. The summed E-state index contributed by atoms with van der Waals surface area (Å²) in [6.45, 7) is 6.63. The smallest absolute Gasteiger partial charge is 0.237 e. The van der Waals surface area contributed by atoms with Crippen LogP contribution in [0.15, 0.2) is 34.7 Å². The Labute approximate surface area is 145 Å². The van der Waals surface area contributed by atoms with Crippen LogP contribution in [0, 0.1) is 13.8 Å². The molecular weight excluding hydrogens is 314 g/mol. The minimum Gasteiger partial charge on any atom is -0.440 e. The molecule has 1 N–H and O–H groups in total. The standard InChI is InChI=1S/C21H19NO3/c1-4-10-22-21-12(3)16-18(23)19(24)17-14-7-5-6-11(2)13(14)8-9-15(17)20(16)25-21/h5-9,22H,4,10H2,1-3H3. The lowest BCUT2D eigenvalue weighted by Crippen LogP contribution is -2.21. The number of carbonyl (C=O) groups is 2. The van der Waals surface area contributed by atoms with Crippen molar-refractivity contribution in [1.82, 2.24) is 0 Å². The Kier molecular flexibility index (Phi) is 3.49. The molecule has 1 aliphatic carbocycles. The summed E-state index contributed by atoms with van der Waals surface area (Å²) in [4.78, 5) is 25.6. The maximum Gasteiger partial charge on any atom is 0.237 e. The number of furan rings is 1. The molecule has 4 rings (SSSR count). The first-order chi connectivity index (χ1) is 12.0. The molecule has 0 unspecified atom stereocenters. The van der Waals surface area contributed by atoms with Crippen molar-refractivity contribution in [1.29, 1.82) is 0 Å². The van der Waals surface area contributed by atoms with Crippen molar-refractivity contribution in [3.05, 3.63) is 52.6 Å². The molecule has 0 atom stereocenters. The van der Waals surface area contributed by atoms with Crippen molar-refractivity contribution in [2.45, 2.75) is 27.2 Å². The van der Waals surface area contributed by atoms with E-state index in [2.05, 4.69) is 12.2 Å². The molecule has 3 aromatic rings. The predicted octanol–water partition coefficient (Wildman–Crippen LogP) is 4.92. The van der Waals surface area contributed by atoms with E-state index in [0.717, 1.165) is 29.3 Å². The van der Waals surface area contributed by atoms with Gasteiger partial charge in [0.15, 0.2) is 5.88 Å². The van der Waals surface area contributed by atoms with Crippen molar-refractivity contribution >= 4 is 28.2 Å². The normalized spacial score (nSPS) is 13.1. The van der Waals surface area contributed by atoms with Crippen LogP contribution in [0.25, 0.3) is 22.1 Å². The molecule has 0 spiro atoms. The van der Waals surface area contributed by atoms with Gasteiger partial charge in [-0.2, -0.15) is 0 Å². The van der Waals surface area contributed by atoms with E-state index in [1.807, 2.05) is 44.2 Å². The average Bonchev–Trinajstić information content (AvgIpc) is 2.94. The first-order valence-electron chi connectivity index (χ1n) is 8.53. The summed E-state index contributed by atoms with van der Waals surface area (Å²) in [6, 6.07) is 9.68. The van der Waals surface area contributed by atoms with Gasteiger partial charge >= 0.3 is 0 Å². The van der Waals surface area contributed by atoms with Gasteiger partial charge in [0.25, 0.3) is 0 Å². The van der Waals surface area contributed by atoms with E-state index in [9.17, 15) is 9.59 Å². The molecule has 0 fully saturated rings. The van der Waals surface area contributed by atoms with Crippen molar-refractivity contribution in [3.63, 3.8) is 0 Å². The van der Waals surface area contributed by atoms with Crippen LogP contribution >= 0.6 is 0 Å². The van der Waals surface area contributed by atoms with Crippen LogP contribution in [-0.2, 0) is 0 Å². The van der Waals surface area contributed by atoms with Gasteiger partial charge in [-0.3, -0.25) is 9.59 Å². The lowest BCUT2D eigenvalue weighted by Gasteiger charge is -2.16. The fraction of sp³-hybridized carbons (Fsp3) is 0.238. The number of fused-ring (bicyclic) bond motifs is 5. The topological polar surface area (TPSA) is 59.3 Å². The molecule has 0 aliphatic heterocycles. The number of aryl methyl sites for hydroxylation is 1. The number of hydrogen-bond acceptors (Lipinski definition) is 4. The molecule has 0 saturated carbocycles. The third-order valence-corrected chi connectivity index (χ3v) is 4.87. The first-order valence-corrected chi connectivity index (χ1v) is 8.53. The summed E-state index contributed by atoms with van der Waals surface area (Å²) in [5.74, 6) is 0.135. The second kappa shape index (κ2) is 5.59. The number of anilines is 1. The molecule has 4 heteroatoms. The van der Waals surface area contributed by atoms with Gasteiger partial charge in [-0.05, 0) is 42.7 Å². The van der Waals surface area contributed by atoms with Gasteiger partial charge in [0.1, 0.15) is 5.76 Å². The molecule has 2 aromatic carbocycles. The number of carbonyl (C=O) groups excluding carboxylic acids is 2. The molecule has 1 aliphatic rings. The summed E-state index contributed by atoms with van der Waals surface area (Å²) in [7, 11) is 0. The van der Waals surface area contributed by atoms with Gasteiger partial charge in [-0.25, -0.2) is 0 Å². The molecule has 126 valence electrons. The van der Waals surface area contributed by atoms with Crippen LogP contribution in [0.3, 0.4) is 0 Å². The second-order valence-corrected chi connectivity index (χ2v) is 6.50. The molecule has 4 nitrogen and oxygen atoms in total. The molecule has 1 heterocycles. The second-order valence-electron chi connectivity index (χ2n) is 6.50. The third kappa shape index (κ3) is 2.14. The maximum absolute atomic E-state index is 12.9. The Morgan fingerprint density at radius 1 is 0.960 bits per heavy atom. The summed E-state index contributed by atoms with van der Waals surface area (Å²) >= 11 is 0. The lowest BCUT2D eigenvalue weighted by molar-refractivity contribution is 0.0815. The zero-order valence-electron chi connectivity index (χ0n) is 14.5. The quantitative estimate of drug-likeness (QED) is 0.691. The summed E-state index contributed by atoms with van der Waals surface area (Å²) < 4.78 is 5.98. The van der Waals surface area contributed by atoms with E-state index in [-0.39, 0.29) is 0 Å². The van der Waals surface area contributed by atoms with Gasteiger partial charge in [0.2, 0.25) is 11.6 Å². The Morgan fingerprint density at radius 2 is 1.72 bits per heavy atom. The van der Waals surface area contributed by atoms with Gasteiger partial charge < -0.3 is 9.73 Å². The Morgan fingerprint density at radius 3 is 2.48 bits per heavy atom. The number of benzene rings is 2. The molecule has 0 radical (unpaired) electrons. The van der Waals surface area contributed by atoms with Crippen LogP contribution < -0.4 is 5.32 Å². The molecule has 1 aromatic heterocycles. The first kappa shape index (κ1) is 15.6. The highest BCUT2D eigenvalue weighted by Gasteiger charge is 2.37. The summed E-state index contributed by atoms with van der Waals surface area (Å²) in [6.07, 6.45) is 0.943. The van der Waals surface area contributed by atoms with Crippen molar-refractivity contribution in [2.24, 2.45) is 0 Å². The summed E-state index contributed by atoms with van der Waals surface area (Å²) in [5.41, 5.74) is 3.33. The van der Waals surface area contributed by atoms with Gasteiger partial charge in [-0.15, -0.1) is 0 Å². The van der Waals surface area contributed by atoms with E-state index in [1.54, 1.807) is 0 Å². The minimum atomic E-state index is -0.484. The van der Waals surface area contributed by atoms with E-state index in [0.29, 0.717) is 33.9 Å². The van der Waals surface area contributed by atoms with E-state index >= 15 is 0 Å². The largest absolute Gasteiger partial charge is 0.440 e. The number of Topliss-reactive ketones (excluding diaryl/α,β-unsaturated/α-hetero) is 2. The lowest BCUT2D eigenvalue weighted by atomic mass is 9.83. The van der Waals surface area contributed by atoms with Gasteiger partial charge in [0.05, 0.1) is 5.56 Å². The molecule has 0 amide bonds. The van der Waals surface area contributed by atoms with E-state index in [4.69, 9.17) is 4.42 Å². The Balaban J connectivity index is 2.03. The fourth-order valence-electron chi connectivity index (χ4n) is 3.56. The average molecular weight is 333 g/mol. The SMILES string of the molecule is CCCNc1oc2c(c1C)C(=O)C(=O)c1c-2ccc2c(C)cccc12. The molecular formula is C21H19NO3. The zero-order valence-corrected chi connectivity index (χ0v) is 14.5. The van der Waals surface area contributed by atoms with Crippen molar-refractivity contribution in [2.75, 3.05) is 11.9 Å².